The first-order valence-electron chi connectivity index (χ1n) is 6.75. The van der Waals surface area contributed by atoms with Crippen molar-refractivity contribution in [3.05, 3.63) is 36.0 Å². The molecule has 19 heavy (non-hydrogen) atoms. The average molecular weight is 275 g/mol. The summed E-state index contributed by atoms with van der Waals surface area (Å²) in [5.74, 6) is 0. The van der Waals surface area contributed by atoms with Crippen molar-refractivity contribution >= 4 is 28.2 Å². The minimum Gasteiger partial charge on any atom is -0.381 e. The summed E-state index contributed by atoms with van der Waals surface area (Å²) in [5.41, 5.74) is 3.40. The van der Waals surface area contributed by atoms with Crippen molar-refractivity contribution in [1.29, 1.82) is 0 Å². The number of rotatable bonds is 2. The number of nitrogens with zero attached hydrogens (tertiary/aromatic N) is 1. The number of benzene rings is 1. The Bertz CT molecular complexity index is 621. The zero-order valence-corrected chi connectivity index (χ0v) is 12.3. The van der Waals surface area contributed by atoms with Crippen molar-refractivity contribution in [1.82, 2.24) is 4.98 Å². The number of hydrogen-bond donors (Lipinski definition) is 1. The summed E-state index contributed by atoms with van der Waals surface area (Å²) in [7, 11) is 0. The summed E-state index contributed by atoms with van der Waals surface area (Å²) in [6.45, 7) is 6.48. The summed E-state index contributed by atoms with van der Waals surface area (Å²) in [6.07, 6.45) is 1.02. The topological polar surface area (TPSA) is 24.9 Å². The Morgan fingerprint density at radius 2 is 2.05 bits per heavy atom. The van der Waals surface area contributed by atoms with Crippen LogP contribution in [0, 0.1) is 12.3 Å². The lowest BCUT2D eigenvalue weighted by molar-refractivity contribution is 0.168. The molecule has 0 spiro atoms. The second kappa shape index (κ2) is 4.38. The minimum atomic E-state index is 0.139. The van der Waals surface area contributed by atoms with E-state index < -0.39 is 0 Å². The minimum absolute atomic E-state index is 0.139. The Kier molecular flexibility index (Phi) is 2.94. The molecule has 0 bridgehead atoms. The van der Waals surface area contributed by atoms with Gasteiger partial charge in [-0.25, -0.2) is 0 Å². The molecule has 3 heteroatoms. The largest absolute Gasteiger partial charge is 0.381 e. The molecule has 2 unspecified atom stereocenters. The fourth-order valence-electron chi connectivity index (χ4n) is 2.73. The summed E-state index contributed by atoms with van der Waals surface area (Å²) >= 11 is 6.30. The number of fused-ring (bicyclic) bond motifs is 1. The van der Waals surface area contributed by atoms with Crippen LogP contribution in [0.1, 0.15) is 26.0 Å². The molecule has 1 heterocycles. The monoisotopic (exact) mass is 274 g/mol. The highest BCUT2D eigenvalue weighted by molar-refractivity contribution is 6.22. The van der Waals surface area contributed by atoms with Gasteiger partial charge >= 0.3 is 0 Å². The van der Waals surface area contributed by atoms with E-state index in [-0.39, 0.29) is 10.8 Å². The van der Waals surface area contributed by atoms with Crippen LogP contribution in [0.15, 0.2) is 30.3 Å². The normalized spacial score (nSPS) is 25.1. The highest BCUT2D eigenvalue weighted by atomic mass is 35.5. The molecular weight excluding hydrogens is 256 g/mol. The van der Waals surface area contributed by atoms with Gasteiger partial charge in [0.25, 0.3) is 0 Å². The lowest BCUT2D eigenvalue weighted by Gasteiger charge is -2.49. The predicted octanol–water partition coefficient (Wildman–Crippen LogP) is 4.36. The van der Waals surface area contributed by atoms with E-state index in [1.165, 1.54) is 11.1 Å². The van der Waals surface area contributed by atoms with Crippen LogP contribution >= 0.6 is 11.6 Å². The quantitative estimate of drug-likeness (QED) is 0.823. The van der Waals surface area contributed by atoms with Crippen LogP contribution in [0.3, 0.4) is 0 Å². The number of anilines is 1. The molecule has 1 fully saturated rings. The Labute approximate surface area is 119 Å². The third-order valence-electron chi connectivity index (χ3n) is 4.32. The Hall–Kier alpha value is -1.28. The summed E-state index contributed by atoms with van der Waals surface area (Å²) < 4.78 is 0. The predicted molar refractivity (Wildman–Crippen MR) is 81.9 cm³/mol. The van der Waals surface area contributed by atoms with Crippen molar-refractivity contribution in [2.75, 3.05) is 5.32 Å². The molecule has 0 amide bonds. The summed E-state index contributed by atoms with van der Waals surface area (Å²) in [4.78, 5) is 4.57. The maximum Gasteiger partial charge on any atom is 0.0725 e. The first-order valence-corrected chi connectivity index (χ1v) is 7.19. The molecule has 3 rings (SSSR count). The highest BCUT2D eigenvalue weighted by Gasteiger charge is 2.47. The number of hydrogen-bond acceptors (Lipinski definition) is 2. The zero-order valence-electron chi connectivity index (χ0n) is 11.6. The van der Waals surface area contributed by atoms with E-state index in [9.17, 15) is 0 Å². The van der Waals surface area contributed by atoms with Crippen LogP contribution in [0.25, 0.3) is 10.9 Å². The number of aromatic nitrogens is 1. The maximum atomic E-state index is 6.30. The van der Waals surface area contributed by atoms with Crippen molar-refractivity contribution in [3.63, 3.8) is 0 Å². The molecule has 2 nitrogen and oxygen atoms in total. The van der Waals surface area contributed by atoms with Gasteiger partial charge in [0.2, 0.25) is 0 Å². The molecule has 1 aliphatic carbocycles. The average Bonchev–Trinajstić information content (AvgIpc) is 2.38. The standard InChI is InChI=1S/C16H19ClN2/c1-10-8-13(11-6-4-5-7-12(11)18-10)19-15-9-14(17)16(15,2)3/h4-8,14-15H,9H2,1-3H3,(H,18,19). The van der Waals surface area contributed by atoms with Crippen LogP contribution in [0.4, 0.5) is 5.69 Å². The van der Waals surface area contributed by atoms with Gasteiger partial charge in [0.05, 0.1) is 5.52 Å². The van der Waals surface area contributed by atoms with Gasteiger partial charge in [-0.3, -0.25) is 4.98 Å². The second-order valence-corrected chi connectivity index (χ2v) is 6.58. The third kappa shape index (κ3) is 2.08. The first-order chi connectivity index (χ1) is 8.98. The number of alkyl halides is 1. The lowest BCUT2D eigenvalue weighted by Crippen LogP contribution is -2.54. The highest BCUT2D eigenvalue weighted by Crippen LogP contribution is 2.46. The molecule has 0 aliphatic heterocycles. The Balaban J connectivity index is 1.97. The van der Waals surface area contributed by atoms with E-state index >= 15 is 0 Å². The third-order valence-corrected chi connectivity index (χ3v) is 5.06. The Morgan fingerprint density at radius 3 is 2.74 bits per heavy atom. The van der Waals surface area contributed by atoms with Crippen LogP contribution in [0.5, 0.6) is 0 Å². The van der Waals surface area contributed by atoms with Crippen molar-refractivity contribution in [2.24, 2.45) is 5.41 Å². The second-order valence-electron chi connectivity index (χ2n) is 6.05. The van der Waals surface area contributed by atoms with Gasteiger partial charge in [-0.15, -0.1) is 11.6 Å². The molecule has 2 aromatic rings. The molecule has 1 aromatic heterocycles. The number of para-hydroxylation sites is 1. The zero-order chi connectivity index (χ0) is 13.6. The number of halogens is 1. The van der Waals surface area contributed by atoms with Gasteiger partial charge in [0, 0.05) is 33.6 Å². The molecular formula is C16H19ClN2. The Morgan fingerprint density at radius 1 is 1.32 bits per heavy atom. The number of pyridine rings is 1. The van der Waals surface area contributed by atoms with Crippen molar-refractivity contribution < 1.29 is 0 Å². The van der Waals surface area contributed by atoms with E-state index in [4.69, 9.17) is 11.6 Å². The van der Waals surface area contributed by atoms with E-state index in [2.05, 4.69) is 48.4 Å². The van der Waals surface area contributed by atoms with E-state index in [0.717, 1.165) is 17.6 Å². The summed E-state index contributed by atoms with van der Waals surface area (Å²) in [5, 5.41) is 5.10. The van der Waals surface area contributed by atoms with Gasteiger partial charge in [0.15, 0.2) is 0 Å². The molecule has 2 atom stereocenters. The first kappa shape index (κ1) is 12.7. The van der Waals surface area contributed by atoms with Crippen molar-refractivity contribution in [2.45, 2.75) is 38.6 Å². The fraction of sp³-hybridized carbons (Fsp3) is 0.438. The van der Waals surface area contributed by atoms with Gasteiger partial charge in [-0.2, -0.15) is 0 Å². The van der Waals surface area contributed by atoms with E-state index in [0.29, 0.717) is 6.04 Å². The maximum absolute atomic E-state index is 6.30. The van der Waals surface area contributed by atoms with E-state index in [1.807, 2.05) is 13.0 Å². The molecule has 0 saturated heterocycles. The number of nitrogens with one attached hydrogen (secondary N) is 1. The van der Waals surface area contributed by atoms with Crippen LogP contribution in [-0.4, -0.2) is 16.4 Å². The lowest BCUT2D eigenvalue weighted by atomic mass is 9.66. The van der Waals surface area contributed by atoms with Crippen molar-refractivity contribution in [3.8, 4) is 0 Å². The molecule has 100 valence electrons. The van der Waals surface area contributed by atoms with Gasteiger partial charge in [-0.1, -0.05) is 32.0 Å². The molecule has 1 N–H and O–H groups in total. The van der Waals surface area contributed by atoms with Gasteiger partial charge < -0.3 is 5.32 Å². The van der Waals surface area contributed by atoms with E-state index in [1.54, 1.807) is 0 Å². The molecule has 1 aromatic carbocycles. The van der Waals surface area contributed by atoms with Crippen LogP contribution < -0.4 is 5.32 Å². The molecule has 1 aliphatic rings. The van der Waals surface area contributed by atoms with Crippen LogP contribution in [-0.2, 0) is 0 Å². The number of aryl methyl sites for hydroxylation is 1. The van der Waals surface area contributed by atoms with Gasteiger partial charge in [-0.05, 0) is 25.5 Å². The fourth-order valence-corrected chi connectivity index (χ4v) is 3.06. The van der Waals surface area contributed by atoms with Crippen LogP contribution in [0.2, 0.25) is 0 Å². The molecule has 1 saturated carbocycles. The smallest absolute Gasteiger partial charge is 0.0725 e. The van der Waals surface area contributed by atoms with Gasteiger partial charge in [0.1, 0.15) is 0 Å². The molecule has 0 radical (unpaired) electrons. The SMILES string of the molecule is Cc1cc(NC2CC(Cl)C2(C)C)c2ccccc2n1. The summed E-state index contributed by atoms with van der Waals surface area (Å²) in [6, 6.07) is 10.8.